The fraction of sp³-hybridized carbons (Fsp3) is 0.278. The van der Waals surface area contributed by atoms with E-state index < -0.39 is 45.7 Å². The number of hydrogen-bond acceptors (Lipinski definition) is 9. The average Bonchev–Trinajstić information content (AvgIpc) is 3.30. The summed E-state index contributed by atoms with van der Waals surface area (Å²) in [6, 6.07) is 4.15. The Morgan fingerprint density at radius 3 is 2.88 bits per heavy atom. The number of carboxylic acid groups (broad SMARTS) is 1. The predicted octanol–water partition coefficient (Wildman–Crippen LogP) is 0.470. The zero-order valence-electron chi connectivity index (χ0n) is 16.2. The maximum absolute atomic E-state index is 12.7. The van der Waals surface area contributed by atoms with Gasteiger partial charge in [-0.15, -0.1) is 34.9 Å². The monoisotopic (exact) mass is 512 g/mol. The van der Waals surface area contributed by atoms with E-state index in [0.717, 1.165) is 0 Å². The van der Waals surface area contributed by atoms with E-state index in [0.29, 0.717) is 20.6 Å². The molecule has 2 aromatic rings. The maximum Gasteiger partial charge on any atom is 0.352 e. The Morgan fingerprint density at radius 1 is 1.38 bits per heavy atom. The van der Waals surface area contributed by atoms with E-state index in [1.807, 2.05) is 0 Å². The molecule has 0 bridgehead atoms. The Hall–Kier alpha value is -2.42. The Labute approximate surface area is 196 Å². The summed E-state index contributed by atoms with van der Waals surface area (Å²) in [6.45, 7) is 0. The highest BCUT2D eigenvalue weighted by Crippen LogP contribution is 2.41. The van der Waals surface area contributed by atoms with Crippen LogP contribution in [0, 0.1) is 0 Å². The highest BCUT2D eigenvalue weighted by atomic mass is 32.2. The summed E-state index contributed by atoms with van der Waals surface area (Å²) in [6.07, 6.45) is 1.36. The number of carbonyl (C=O) groups is 3. The van der Waals surface area contributed by atoms with Gasteiger partial charge in [-0.25, -0.2) is 14.6 Å². The van der Waals surface area contributed by atoms with Crippen molar-refractivity contribution in [2.24, 2.45) is 0 Å². The van der Waals surface area contributed by atoms with Crippen molar-refractivity contribution < 1.29 is 23.7 Å². The minimum Gasteiger partial charge on any atom is -0.477 e. The number of fused-ring (bicyclic) bond motifs is 1. The molecule has 32 heavy (non-hydrogen) atoms. The van der Waals surface area contributed by atoms with Crippen molar-refractivity contribution in [2.75, 3.05) is 17.3 Å². The molecule has 2 aliphatic rings. The van der Waals surface area contributed by atoms with Gasteiger partial charge < -0.3 is 15.4 Å². The normalized spacial score (nSPS) is 21.0. The molecule has 0 spiro atoms. The molecule has 3 N–H and O–H groups in total. The smallest absolute Gasteiger partial charge is 0.352 e. The lowest BCUT2D eigenvalue weighted by atomic mass is 10.0. The molecule has 1 saturated heterocycles. The lowest BCUT2D eigenvalue weighted by molar-refractivity contribution is -0.150. The van der Waals surface area contributed by atoms with Gasteiger partial charge in [0.1, 0.15) is 22.9 Å². The number of β-lactam (4-membered cyclic amide) rings is 1. The summed E-state index contributed by atoms with van der Waals surface area (Å²) in [4.78, 5) is 55.5. The summed E-state index contributed by atoms with van der Waals surface area (Å²) in [5, 5.41) is 14.1. The van der Waals surface area contributed by atoms with E-state index in [-0.39, 0.29) is 17.2 Å². The van der Waals surface area contributed by atoms with Gasteiger partial charge in [0.15, 0.2) is 0 Å². The first-order valence-corrected chi connectivity index (χ1v) is 13.4. The van der Waals surface area contributed by atoms with E-state index in [2.05, 4.69) is 15.3 Å². The molecule has 2 aliphatic heterocycles. The number of carboxylic acids is 1. The molecular weight excluding hydrogens is 496 g/mol. The van der Waals surface area contributed by atoms with Crippen molar-refractivity contribution in [2.45, 2.75) is 20.7 Å². The number of amides is 2. The van der Waals surface area contributed by atoms with Crippen molar-refractivity contribution >= 4 is 63.4 Å². The number of thioether (sulfide) groups is 2. The Kier molecular flexibility index (Phi) is 6.83. The van der Waals surface area contributed by atoms with Crippen LogP contribution in [0.25, 0.3) is 0 Å². The van der Waals surface area contributed by atoms with Crippen LogP contribution in [-0.2, 0) is 25.2 Å². The highest BCUT2D eigenvalue weighted by molar-refractivity contribution is 8.01. The van der Waals surface area contributed by atoms with Gasteiger partial charge in [0, 0.05) is 17.7 Å². The molecule has 2 aromatic heterocycles. The van der Waals surface area contributed by atoms with Crippen molar-refractivity contribution in [3.05, 3.63) is 51.5 Å². The molecule has 2 unspecified atom stereocenters. The van der Waals surface area contributed by atoms with Gasteiger partial charge >= 0.3 is 11.7 Å². The van der Waals surface area contributed by atoms with Gasteiger partial charge in [0.2, 0.25) is 5.91 Å². The molecule has 4 rings (SSSR count). The van der Waals surface area contributed by atoms with Crippen molar-refractivity contribution in [3.63, 3.8) is 0 Å². The lowest BCUT2D eigenvalue weighted by Gasteiger charge is -2.49. The largest absolute Gasteiger partial charge is 0.477 e. The third-order valence-corrected chi connectivity index (χ3v) is 9.60. The van der Waals surface area contributed by atoms with Crippen LogP contribution in [0.2, 0.25) is 0 Å². The first kappa shape index (κ1) is 22.8. The van der Waals surface area contributed by atoms with Gasteiger partial charge in [-0.1, -0.05) is 6.07 Å². The Balaban J connectivity index is 1.42. The van der Waals surface area contributed by atoms with Crippen molar-refractivity contribution in [1.82, 2.24) is 20.2 Å². The number of aliphatic carboxylic acids is 1. The van der Waals surface area contributed by atoms with E-state index in [1.54, 1.807) is 23.6 Å². The van der Waals surface area contributed by atoms with Crippen LogP contribution in [0.4, 0.5) is 0 Å². The van der Waals surface area contributed by atoms with Crippen LogP contribution in [-0.4, -0.2) is 70.6 Å². The summed E-state index contributed by atoms with van der Waals surface area (Å²) >= 11 is 3.87. The summed E-state index contributed by atoms with van der Waals surface area (Å²) in [7, 11) is -1.50. The molecular formula is C18H16N4O6S4. The number of H-pyrrole nitrogens is 1. The zero-order chi connectivity index (χ0) is 22.8. The molecule has 0 aliphatic carbocycles. The first-order valence-electron chi connectivity index (χ1n) is 9.14. The maximum atomic E-state index is 12.7. The van der Waals surface area contributed by atoms with Crippen LogP contribution >= 0.6 is 34.9 Å². The van der Waals surface area contributed by atoms with Gasteiger partial charge in [0.05, 0.1) is 20.0 Å². The Bertz CT molecular complexity index is 1180. The molecule has 0 saturated carbocycles. The molecule has 10 nitrogen and oxygen atoms in total. The molecule has 3 atom stereocenters. The fourth-order valence-corrected chi connectivity index (χ4v) is 7.47. The van der Waals surface area contributed by atoms with E-state index in [1.165, 1.54) is 46.0 Å². The quantitative estimate of drug-likeness (QED) is 0.261. The van der Waals surface area contributed by atoms with Crippen LogP contribution < -0.4 is 11.0 Å². The molecule has 2 amide bonds. The average molecular weight is 513 g/mol. The first-order chi connectivity index (χ1) is 15.3. The van der Waals surface area contributed by atoms with Crippen molar-refractivity contribution in [3.8, 4) is 0 Å². The molecule has 0 radical (unpaired) electrons. The number of aromatic nitrogens is 2. The number of nitrogens with zero attached hydrogens (tertiary/aromatic N) is 2. The number of thiophene rings is 1. The van der Waals surface area contributed by atoms with E-state index >= 15 is 0 Å². The second-order valence-electron chi connectivity index (χ2n) is 6.66. The Morgan fingerprint density at radius 2 is 2.19 bits per heavy atom. The number of rotatable bonds is 8. The third-order valence-electron chi connectivity index (χ3n) is 4.60. The molecule has 168 valence electrons. The molecule has 14 heteroatoms. The minimum absolute atomic E-state index is 0.102. The van der Waals surface area contributed by atoms with Crippen LogP contribution in [0.5, 0.6) is 0 Å². The van der Waals surface area contributed by atoms with Gasteiger partial charge in [0.25, 0.3) is 5.91 Å². The third kappa shape index (κ3) is 4.67. The molecule has 4 heterocycles. The summed E-state index contributed by atoms with van der Waals surface area (Å²) < 4.78 is 12.8. The van der Waals surface area contributed by atoms with Crippen LogP contribution in [0.15, 0.2) is 55.1 Å². The van der Waals surface area contributed by atoms with Gasteiger partial charge in [-0.2, -0.15) is 0 Å². The number of nitrogens with one attached hydrogen (secondary N) is 2. The number of hydrogen-bond donors (Lipinski definition) is 3. The topological polar surface area (TPSA) is 150 Å². The predicted molar refractivity (Wildman–Crippen MR) is 121 cm³/mol. The second-order valence-corrected chi connectivity index (χ2v) is 11.4. The minimum atomic E-state index is -1.50. The van der Waals surface area contributed by atoms with E-state index in [4.69, 9.17) is 0 Å². The number of carbonyl (C=O) groups excluding carboxylic acids is 2. The highest BCUT2D eigenvalue weighted by Gasteiger charge is 2.54. The van der Waals surface area contributed by atoms with Crippen LogP contribution in [0.3, 0.4) is 0 Å². The summed E-state index contributed by atoms with van der Waals surface area (Å²) in [5.74, 6) is -1.93. The van der Waals surface area contributed by atoms with Crippen molar-refractivity contribution in [1.29, 1.82) is 0 Å². The SMILES string of the molecule is O=C(CS(=O)c1cccs1)NC1C(=O)N2C(C(=O)O)=C(CSc3ccnc(=O)[nH]3)CS[C@H]12. The zero-order valence-corrected chi connectivity index (χ0v) is 19.4. The molecule has 1 fully saturated rings. The second kappa shape index (κ2) is 9.60. The fourth-order valence-electron chi connectivity index (χ4n) is 3.19. The number of aromatic amines is 1. The van der Waals surface area contributed by atoms with Gasteiger partial charge in [-0.3, -0.25) is 18.7 Å². The summed E-state index contributed by atoms with van der Waals surface area (Å²) in [5.41, 5.74) is -0.0642. The molecule has 0 aromatic carbocycles. The van der Waals surface area contributed by atoms with Gasteiger partial charge in [-0.05, 0) is 23.1 Å². The lowest BCUT2D eigenvalue weighted by Crippen LogP contribution is -2.70. The van der Waals surface area contributed by atoms with E-state index in [9.17, 15) is 28.5 Å². The standard InChI is InChI=1S/C18H16N4O6S4/c23-10(8-32(28)12-2-1-5-29-12)20-13-15(24)22-14(17(25)26)9(7-31-16(13)22)6-30-11-3-4-19-18(27)21-11/h1-5,13,16H,6-8H2,(H,20,23)(H,25,26)(H,19,21,27)/t13?,16-,32?/m1/s1. The van der Waals surface area contributed by atoms with Crippen LogP contribution in [0.1, 0.15) is 0 Å².